The lowest BCUT2D eigenvalue weighted by Gasteiger charge is -2.24. The number of para-hydroxylation sites is 1. The zero-order valence-corrected chi connectivity index (χ0v) is 20.3. The molecule has 0 atom stereocenters. The Kier molecular flexibility index (Phi) is 6.85. The molecule has 4 rings (SSSR count). The molecule has 176 valence electrons. The molecule has 3 aromatic rings. The van der Waals surface area contributed by atoms with Crippen LogP contribution in [0.1, 0.15) is 11.1 Å². The van der Waals surface area contributed by atoms with Crippen LogP contribution in [0.3, 0.4) is 0 Å². The summed E-state index contributed by atoms with van der Waals surface area (Å²) in [6, 6.07) is 14.8. The Morgan fingerprint density at radius 3 is 2.53 bits per heavy atom. The minimum Gasteiger partial charge on any atom is -0.454 e. The third-order valence-electron chi connectivity index (χ3n) is 4.90. The van der Waals surface area contributed by atoms with E-state index in [2.05, 4.69) is 26.5 Å². The van der Waals surface area contributed by atoms with Gasteiger partial charge in [0, 0.05) is 10.0 Å². The number of nitrogens with zero attached hydrogens (tertiary/aromatic N) is 2. The molecule has 1 N–H and O–H groups in total. The Bertz CT molecular complexity index is 1360. The van der Waals surface area contributed by atoms with Crippen molar-refractivity contribution in [3.8, 4) is 11.5 Å². The smallest absolute Gasteiger partial charge is 0.264 e. The molecule has 0 aliphatic carbocycles. The lowest BCUT2D eigenvalue weighted by atomic mass is 10.2. The molecule has 1 amide bonds. The molecule has 11 heteroatoms. The van der Waals surface area contributed by atoms with Gasteiger partial charge in [-0.2, -0.15) is 5.10 Å². The van der Waals surface area contributed by atoms with Crippen molar-refractivity contribution in [2.45, 2.75) is 11.8 Å². The highest BCUT2D eigenvalue weighted by Gasteiger charge is 2.29. The van der Waals surface area contributed by atoms with E-state index in [-0.39, 0.29) is 17.4 Å². The van der Waals surface area contributed by atoms with Crippen LogP contribution >= 0.6 is 15.9 Å². The van der Waals surface area contributed by atoms with Crippen molar-refractivity contribution < 1.29 is 27.1 Å². The topological polar surface area (TPSA) is 97.3 Å². The van der Waals surface area contributed by atoms with Gasteiger partial charge in [0.05, 0.1) is 16.8 Å². The third-order valence-corrected chi connectivity index (χ3v) is 7.36. The van der Waals surface area contributed by atoms with Crippen molar-refractivity contribution >= 4 is 43.8 Å². The summed E-state index contributed by atoms with van der Waals surface area (Å²) >= 11 is 3.38. The van der Waals surface area contributed by atoms with Crippen molar-refractivity contribution in [1.82, 2.24) is 5.43 Å². The number of carbonyl (C=O) groups is 1. The summed E-state index contributed by atoms with van der Waals surface area (Å²) in [5.41, 5.74) is 3.50. The number of halogens is 2. The standard InChI is InChI=1S/C23H19BrFN3O5S/c1-15-6-8-17(9-7-15)34(30,31)28(20-5-3-2-4-19(20)25)13-23(29)27-26-12-16-10-21-22(11-18(16)24)33-14-32-21/h2-12H,13-14H2,1H3,(H,27,29)/b26-12+. The van der Waals surface area contributed by atoms with Gasteiger partial charge in [0.2, 0.25) is 6.79 Å². The van der Waals surface area contributed by atoms with Gasteiger partial charge in [0.1, 0.15) is 12.4 Å². The predicted molar refractivity (Wildman–Crippen MR) is 128 cm³/mol. The molecule has 0 unspecified atom stereocenters. The number of amides is 1. The number of hydrogen-bond donors (Lipinski definition) is 1. The minimum atomic E-state index is -4.24. The van der Waals surface area contributed by atoms with E-state index in [1.807, 2.05) is 6.92 Å². The van der Waals surface area contributed by atoms with Gasteiger partial charge in [-0.3, -0.25) is 9.10 Å². The van der Waals surface area contributed by atoms with Gasteiger partial charge in [-0.1, -0.05) is 29.8 Å². The van der Waals surface area contributed by atoms with Gasteiger partial charge in [-0.05, 0) is 59.3 Å². The SMILES string of the molecule is Cc1ccc(S(=O)(=O)N(CC(=O)N/N=C/c2cc3c(cc2Br)OCO3)c2ccccc2F)cc1. The first kappa shape index (κ1) is 23.7. The number of fused-ring (bicyclic) bond motifs is 1. The summed E-state index contributed by atoms with van der Waals surface area (Å²) in [7, 11) is -4.24. The van der Waals surface area contributed by atoms with Crippen molar-refractivity contribution in [2.24, 2.45) is 5.10 Å². The molecule has 1 aliphatic heterocycles. The van der Waals surface area contributed by atoms with Gasteiger partial charge >= 0.3 is 0 Å². The van der Waals surface area contributed by atoms with Crippen LogP contribution in [0.5, 0.6) is 11.5 Å². The van der Waals surface area contributed by atoms with Gasteiger partial charge in [0.25, 0.3) is 15.9 Å². The number of hydrazone groups is 1. The lowest BCUT2D eigenvalue weighted by Crippen LogP contribution is -2.40. The Morgan fingerprint density at radius 1 is 1.15 bits per heavy atom. The van der Waals surface area contributed by atoms with Crippen LogP contribution in [0.2, 0.25) is 0 Å². The number of aryl methyl sites for hydroxylation is 1. The summed E-state index contributed by atoms with van der Waals surface area (Å²) in [5, 5.41) is 3.90. The molecule has 3 aromatic carbocycles. The largest absolute Gasteiger partial charge is 0.454 e. The van der Waals surface area contributed by atoms with Gasteiger partial charge < -0.3 is 9.47 Å². The quantitative estimate of drug-likeness (QED) is 0.356. The number of benzene rings is 3. The summed E-state index contributed by atoms with van der Waals surface area (Å²) < 4.78 is 53.1. The number of ether oxygens (including phenoxy) is 2. The van der Waals surface area contributed by atoms with Crippen LogP contribution < -0.4 is 19.2 Å². The summed E-state index contributed by atoms with van der Waals surface area (Å²) in [6.07, 6.45) is 1.37. The Hall–Kier alpha value is -3.44. The van der Waals surface area contributed by atoms with E-state index < -0.39 is 28.3 Å². The van der Waals surface area contributed by atoms with Crippen LogP contribution in [0.25, 0.3) is 0 Å². The first-order valence-electron chi connectivity index (χ1n) is 10.0. The highest BCUT2D eigenvalue weighted by Crippen LogP contribution is 2.36. The molecule has 0 aromatic heterocycles. The zero-order chi connectivity index (χ0) is 24.3. The number of anilines is 1. The van der Waals surface area contributed by atoms with Gasteiger partial charge in [0.15, 0.2) is 11.5 Å². The van der Waals surface area contributed by atoms with E-state index >= 15 is 0 Å². The highest BCUT2D eigenvalue weighted by atomic mass is 79.9. The van der Waals surface area contributed by atoms with Crippen molar-refractivity contribution in [1.29, 1.82) is 0 Å². The normalized spacial score (nSPS) is 12.7. The van der Waals surface area contributed by atoms with E-state index in [1.54, 1.807) is 24.3 Å². The van der Waals surface area contributed by atoms with E-state index in [0.717, 1.165) is 11.6 Å². The third kappa shape index (κ3) is 5.05. The Labute approximate surface area is 204 Å². The van der Waals surface area contributed by atoms with Gasteiger partial charge in [-0.15, -0.1) is 0 Å². The second-order valence-corrected chi connectivity index (χ2v) is 10.0. The van der Waals surface area contributed by atoms with Crippen molar-refractivity contribution in [3.63, 3.8) is 0 Å². The molecule has 34 heavy (non-hydrogen) atoms. The summed E-state index contributed by atoms with van der Waals surface area (Å²) in [4.78, 5) is 12.6. The first-order valence-corrected chi connectivity index (χ1v) is 12.2. The number of sulfonamides is 1. The molecule has 1 heterocycles. The maximum atomic E-state index is 14.5. The Balaban J connectivity index is 1.56. The number of nitrogens with one attached hydrogen (secondary N) is 1. The van der Waals surface area contributed by atoms with Crippen molar-refractivity contribution in [2.75, 3.05) is 17.6 Å². The first-order chi connectivity index (χ1) is 16.3. The number of hydrogen-bond acceptors (Lipinski definition) is 6. The van der Waals surface area contributed by atoms with Crippen LogP contribution in [-0.4, -0.2) is 33.9 Å². The van der Waals surface area contributed by atoms with E-state index in [9.17, 15) is 17.6 Å². The Morgan fingerprint density at radius 2 is 1.82 bits per heavy atom. The maximum absolute atomic E-state index is 14.5. The second kappa shape index (κ2) is 9.82. The number of carbonyl (C=O) groups excluding carboxylic acids is 1. The van der Waals surface area contributed by atoms with E-state index in [1.165, 1.54) is 36.5 Å². The van der Waals surface area contributed by atoms with E-state index in [0.29, 0.717) is 25.8 Å². The average molecular weight is 548 g/mol. The highest BCUT2D eigenvalue weighted by molar-refractivity contribution is 9.10. The zero-order valence-electron chi connectivity index (χ0n) is 17.9. The van der Waals surface area contributed by atoms with Crippen molar-refractivity contribution in [3.05, 3.63) is 82.1 Å². The lowest BCUT2D eigenvalue weighted by molar-refractivity contribution is -0.119. The van der Waals surface area contributed by atoms with Crippen LogP contribution in [0.15, 0.2) is 75.1 Å². The minimum absolute atomic E-state index is 0.0676. The predicted octanol–water partition coefficient (Wildman–Crippen LogP) is 3.97. The summed E-state index contributed by atoms with van der Waals surface area (Å²) in [6.45, 7) is 1.24. The van der Waals surface area contributed by atoms with Crippen LogP contribution in [0, 0.1) is 12.7 Å². The molecule has 0 radical (unpaired) electrons. The molecule has 0 saturated heterocycles. The molecule has 0 saturated carbocycles. The molecular formula is C23H19BrFN3O5S. The van der Waals surface area contributed by atoms with E-state index in [4.69, 9.17) is 9.47 Å². The molecular weight excluding hydrogens is 529 g/mol. The van der Waals surface area contributed by atoms with Crippen LogP contribution in [-0.2, 0) is 14.8 Å². The fourth-order valence-electron chi connectivity index (χ4n) is 3.16. The average Bonchev–Trinajstić information content (AvgIpc) is 3.25. The molecule has 1 aliphatic rings. The molecule has 0 bridgehead atoms. The molecule has 8 nitrogen and oxygen atoms in total. The molecule has 0 spiro atoms. The maximum Gasteiger partial charge on any atom is 0.264 e. The number of rotatable bonds is 7. The van der Waals surface area contributed by atoms with Gasteiger partial charge in [-0.25, -0.2) is 18.2 Å². The fraction of sp³-hybridized carbons (Fsp3) is 0.130. The monoisotopic (exact) mass is 547 g/mol. The fourth-order valence-corrected chi connectivity index (χ4v) is 5.02. The summed E-state index contributed by atoms with van der Waals surface area (Å²) in [5.74, 6) is -0.424. The van der Waals surface area contributed by atoms with Crippen LogP contribution in [0.4, 0.5) is 10.1 Å². The molecule has 0 fully saturated rings. The second-order valence-electron chi connectivity index (χ2n) is 7.30.